The molecule has 1 aliphatic carbocycles. The van der Waals surface area contributed by atoms with Crippen molar-refractivity contribution in [3.05, 3.63) is 48.0 Å². The van der Waals surface area contributed by atoms with Gasteiger partial charge in [0.15, 0.2) is 0 Å². The minimum Gasteiger partial charge on any atom is -0.323 e. The van der Waals surface area contributed by atoms with Crippen LogP contribution in [0.15, 0.2) is 42.5 Å². The predicted octanol–water partition coefficient (Wildman–Crippen LogP) is 1.07. The summed E-state index contributed by atoms with van der Waals surface area (Å²) in [5, 5.41) is 2.83. The van der Waals surface area contributed by atoms with Gasteiger partial charge in [-0.3, -0.25) is 0 Å². The first-order valence-corrected chi connectivity index (χ1v) is 9.05. The van der Waals surface area contributed by atoms with Crippen LogP contribution >= 0.6 is 0 Å². The molecule has 116 valence electrons. The zero-order valence-electron chi connectivity index (χ0n) is 13.5. The average Bonchev–Trinajstić information content (AvgIpc) is 3.10. The molecule has 0 spiro atoms. The molecule has 4 rings (SSSR count). The van der Waals surface area contributed by atoms with Gasteiger partial charge >= 0.3 is 0 Å². The summed E-state index contributed by atoms with van der Waals surface area (Å²) in [6.07, 6.45) is 5.91. The Hall–Kier alpha value is -1.38. The summed E-state index contributed by atoms with van der Waals surface area (Å²) in [7, 11) is 0. The Kier molecular flexibility index (Phi) is 4.13. The molecule has 2 N–H and O–H groups in total. The molecule has 1 aliphatic heterocycles. The molecule has 2 aromatic rings. The first-order chi connectivity index (χ1) is 10.9. The number of hydrogen-bond donors (Lipinski definition) is 2. The Labute approximate surface area is 133 Å². The number of nitrogens with one attached hydrogen (secondary N) is 2. The van der Waals surface area contributed by atoms with Crippen LogP contribution in [-0.2, 0) is 6.54 Å². The van der Waals surface area contributed by atoms with Crippen molar-refractivity contribution in [2.24, 2.45) is 0 Å². The Balaban J connectivity index is 1.41. The topological polar surface area (TPSA) is 8.88 Å². The fourth-order valence-corrected chi connectivity index (χ4v) is 4.56. The molecule has 0 atom stereocenters. The van der Waals surface area contributed by atoms with Gasteiger partial charge in [-0.05, 0) is 36.5 Å². The molecule has 0 amide bonds. The van der Waals surface area contributed by atoms with Crippen LogP contribution in [0.1, 0.15) is 31.2 Å². The summed E-state index contributed by atoms with van der Waals surface area (Å²) in [5.41, 5.74) is 1.53. The number of hydrogen-bond acceptors (Lipinski definition) is 0. The minimum absolute atomic E-state index is 0.985. The maximum absolute atomic E-state index is 2.32. The quantitative estimate of drug-likeness (QED) is 0.838. The summed E-state index contributed by atoms with van der Waals surface area (Å²) in [5.74, 6) is 0. The van der Waals surface area contributed by atoms with Crippen LogP contribution in [0.3, 0.4) is 0 Å². The van der Waals surface area contributed by atoms with E-state index in [1.165, 1.54) is 74.7 Å². The SMILES string of the molecule is c1ccc2c(C[NH+]3CC[NH+](C4CCCC4)CC3)cccc2c1. The maximum Gasteiger partial charge on any atom is 0.127 e. The third kappa shape index (κ3) is 2.90. The maximum atomic E-state index is 2.32. The van der Waals surface area contributed by atoms with Gasteiger partial charge < -0.3 is 9.80 Å². The highest BCUT2D eigenvalue weighted by Gasteiger charge is 2.31. The second-order valence-electron chi connectivity index (χ2n) is 7.20. The van der Waals surface area contributed by atoms with Crippen molar-refractivity contribution >= 4 is 10.8 Å². The fraction of sp³-hybridized carbons (Fsp3) is 0.500. The van der Waals surface area contributed by atoms with Crippen LogP contribution in [-0.4, -0.2) is 32.2 Å². The van der Waals surface area contributed by atoms with Gasteiger partial charge in [-0.2, -0.15) is 0 Å². The summed E-state index contributed by atoms with van der Waals surface area (Å²) in [6, 6.07) is 16.6. The lowest BCUT2D eigenvalue weighted by atomic mass is 10.0. The molecule has 2 aromatic carbocycles. The zero-order valence-corrected chi connectivity index (χ0v) is 13.5. The van der Waals surface area contributed by atoms with E-state index in [1.807, 2.05) is 4.90 Å². The van der Waals surface area contributed by atoms with Gasteiger partial charge in [0, 0.05) is 5.56 Å². The van der Waals surface area contributed by atoms with E-state index in [0.29, 0.717) is 0 Å². The molecule has 2 nitrogen and oxygen atoms in total. The molecular weight excluding hydrogens is 268 g/mol. The van der Waals surface area contributed by atoms with E-state index in [2.05, 4.69) is 42.5 Å². The van der Waals surface area contributed by atoms with Gasteiger partial charge in [0.05, 0.1) is 6.04 Å². The normalized spacial score (nSPS) is 26.5. The molecule has 2 fully saturated rings. The predicted molar refractivity (Wildman–Crippen MR) is 91.3 cm³/mol. The van der Waals surface area contributed by atoms with Crippen LogP contribution in [0.25, 0.3) is 10.8 Å². The van der Waals surface area contributed by atoms with E-state index in [9.17, 15) is 0 Å². The number of piperazine rings is 1. The monoisotopic (exact) mass is 296 g/mol. The molecule has 0 bridgehead atoms. The van der Waals surface area contributed by atoms with Crippen molar-refractivity contribution in [1.82, 2.24) is 0 Å². The van der Waals surface area contributed by atoms with Crippen LogP contribution < -0.4 is 9.80 Å². The molecule has 1 saturated heterocycles. The zero-order chi connectivity index (χ0) is 14.8. The standard InChI is InChI=1S/C20H26N2/c1-4-11-20-17(6-1)7-5-8-18(20)16-21-12-14-22(15-13-21)19-9-2-3-10-19/h1,4-8,11,19H,2-3,9-10,12-16H2/p+2. The summed E-state index contributed by atoms with van der Waals surface area (Å²) >= 11 is 0. The van der Waals surface area contributed by atoms with Crippen molar-refractivity contribution < 1.29 is 9.80 Å². The van der Waals surface area contributed by atoms with Crippen molar-refractivity contribution in [2.75, 3.05) is 26.2 Å². The van der Waals surface area contributed by atoms with Crippen LogP contribution in [0.5, 0.6) is 0 Å². The van der Waals surface area contributed by atoms with Crippen molar-refractivity contribution in [3.8, 4) is 0 Å². The van der Waals surface area contributed by atoms with E-state index in [1.54, 1.807) is 4.90 Å². The van der Waals surface area contributed by atoms with Gasteiger partial charge in [0.2, 0.25) is 0 Å². The molecule has 2 aliphatic rings. The van der Waals surface area contributed by atoms with Gasteiger partial charge in [-0.25, -0.2) is 0 Å². The largest absolute Gasteiger partial charge is 0.323 e. The smallest absolute Gasteiger partial charge is 0.127 e. The second-order valence-corrected chi connectivity index (χ2v) is 7.20. The fourth-order valence-electron chi connectivity index (χ4n) is 4.56. The second kappa shape index (κ2) is 6.39. The molecule has 1 heterocycles. The third-order valence-corrected chi connectivity index (χ3v) is 5.85. The highest BCUT2D eigenvalue weighted by atomic mass is 15.3. The number of rotatable bonds is 3. The average molecular weight is 296 g/mol. The lowest BCUT2D eigenvalue weighted by Crippen LogP contribution is -3.29. The summed E-state index contributed by atoms with van der Waals surface area (Å²) in [6.45, 7) is 6.64. The lowest BCUT2D eigenvalue weighted by Gasteiger charge is -2.33. The molecule has 0 radical (unpaired) electrons. The molecule has 0 aromatic heterocycles. The molecule has 22 heavy (non-hydrogen) atoms. The first kappa shape index (κ1) is 14.2. The van der Waals surface area contributed by atoms with Crippen LogP contribution in [0, 0.1) is 0 Å². The Bertz CT molecular complexity index is 617. The Morgan fingerprint density at radius 2 is 1.55 bits per heavy atom. The van der Waals surface area contributed by atoms with Gasteiger partial charge in [-0.15, -0.1) is 0 Å². The van der Waals surface area contributed by atoms with E-state index in [4.69, 9.17) is 0 Å². The van der Waals surface area contributed by atoms with Gasteiger partial charge in [-0.1, -0.05) is 42.5 Å². The van der Waals surface area contributed by atoms with Crippen molar-refractivity contribution in [2.45, 2.75) is 38.3 Å². The molecule has 1 saturated carbocycles. The number of benzene rings is 2. The van der Waals surface area contributed by atoms with E-state index < -0.39 is 0 Å². The lowest BCUT2D eigenvalue weighted by molar-refractivity contribution is -1.03. The Morgan fingerprint density at radius 1 is 0.818 bits per heavy atom. The molecular formula is C20H28N2+2. The highest BCUT2D eigenvalue weighted by molar-refractivity contribution is 5.85. The minimum atomic E-state index is 0.985. The van der Waals surface area contributed by atoms with E-state index >= 15 is 0 Å². The van der Waals surface area contributed by atoms with Crippen molar-refractivity contribution in [1.29, 1.82) is 0 Å². The number of fused-ring (bicyclic) bond motifs is 1. The van der Waals surface area contributed by atoms with Gasteiger partial charge in [0.25, 0.3) is 0 Å². The van der Waals surface area contributed by atoms with E-state index in [-0.39, 0.29) is 0 Å². The van der Waals surface area contributed by atoms with Gasteiger partial charge in [0.1, 0.15) is 32.7 Å². The molecule has 0 unspecified atom stereocenters. The van der Waals surface area contributed by atoms with E-state index in [0.717, 1.165) is 6.04 Å². The van der Waals surface area contributed by atoms with Crippen LogP contribution in [0.2, 0.25) is 0 Å². The summed E-state index contributed by atoms with van der Waals surface area (Å²) < 4.78 is 0. The highest BCUT2D eigenvalue weighted by Crippen LogP contribution is 2.18. The third-order valence-electron chi connectivity index (χ3n) is 5.85. The van der Waals surface area contributed by atoms with Crippen LogP contribution in [0.4, 0.5) is 0 Å². The summed E-state index contributed by atoms with van der Waals surface area (Å²) in [4.78, 5) is 3.68. The number of quaternary nitrogens is 2. The first-order valence-electron chi connectivity index (χ1n) is 9.05. The van der Waals surface area contributed by atoms with Crippen molar-refractivity contribution in [3.63, 3.8) is 0 Å². The Morgan fingerprint density at radius 3 is 2.36 bits per heavy atom. The molecule has 2 heteroatoms.